The third kappa shape index (κ3) is 3.00. The number of anilines is 1. The van der Waals surface area contributed by atoms with E-state index >= 15 is 0 Å². The van der Waals surface area contributed by atoms with E-state index in [-0.39, 0.29) is 10.7 Å². The first-order valence-electron chi connectivity index (χ1n) is 7.90. The molecule has 3 rings (SSSR count). The summed E-state index contributed by atoms with van der Waals surface area (Å²) >= 11 is 5.22. The lowest BCUT2D eigenvalue weighted by atomic mass is 10.1. The van der Waals surface area contributed by atoms with Crippen molar-refractivity contribution in [3.8, 4) is 0 Å². The fourth-order valence-corrected chi connectivity index (χ4v) is 3.13. The number of thiocarbonyl (C=S) groups is 1. The Balaban J connectivity index is 2.06. The van der Waals surface area contributed by atoms with E-state index in [1.54, 1.807) is 12.1 Å². The van der Waals surface area contributed by atoms with Crippen LogP contribution in [0, 0.1) is 20.8 Å². The fourth-order valence-electron chi connectivity index (χ4n) is 2.85. The summed E-state index contributed by atoms with van der Waals surface area (Å²) in [5, 5.41) is 2.71. The minimum Gasteiger partial charge on any atom is -0.352 e. The number of hydrogen-bond donors (Lipinski definition) is 1. The van der Waals surface area contributed by atoms with Gasteiger partial charge >= 0.3 is 0 Å². The SMILES string of the molecule is Cc1cccc(N2C(=O)/C(=C/c3cc(C)n(C)c3C)C(=O)NC2=S)c1. The van der Waals surface area contributed by atoms with Gasteiger partial charge in [0.1, 0.15) is 5.57 Å². The number of hydrogen-bond acceptors (Lipinski definition) is 3. The minimum absolute atomic E-state index is 0.0730. The molecule has 2 heterocycles. The number of nitrogens with one attached hydrogen (secondary N) is 1. The maximum Gasteiger partial charge on any atom is 0.270 e. The van der Waals surface area contributed by atoms with Gasteiger partial charge in [-0.25, -0.2) is 0 Å². The van der Waals surface area contributed by atoms with E-state index in [9.17, 15) is 9.59 Å². The van der Waals surface area contributed by atoms with Gasteiger partial charge in [0.25, 0.3) is 11.8 Å². The molecule has 25 heavy (non-hydrogen) atoms. The topological polar surface area (TPSA) is 54.3 Å². The second kappa shape index (κ2) is 6.29. The molecule has 0 aliphatic carbocycles. The number of benzene rings is 1. The molecule has 1 aliphatic heterocycles. The summed E-state index contributed by atoms with van der Waals surface area (Å²) in [6.07, 6.45) is 1.63. The zero-order valence-corrected chi connectivity index (χ0v) is 15.4. The third-order valence-electron chi connectivity index (χ3n) is 4.48. The van der Waals surface area contributed by atoms with E-state index in [4.69, 9.17) is 12.2 Å². The van der Waals surface area contributed by atoms with E-state index in [0.717, 1.165) is 22.5 Å². The molecule has 1 aromatic heterocycles. The van der Waals surface area contributed by atoms with E-state index in [1.165, 1.54) is 4.90 Å². The standard InChI is InChI=1S/C19H19N3O2S/c1-11-6-5-7-15(8-11)22-18(24)16(17(23)20-19(22)25)10-14-9-12(2)21(4)13(14)3/h5-10H,1-4H3,(H,20,23,25)/b16-10+. The number of aromatic nitrogens is 1. The lowest BCUT2D eigenvalue weighted by Gasteiger charge is -2.29. The molecule has 6 heteroatoms. The van der Waals surface area contributed by atoms with Crippen LogP contribution in [0.3, 0.4) is 0 Å². The Hall–Kier alpha value is -2.73. The van der Waals surface area contributed by atoms with Gasteiger partial charge in [-0.1, -0.05) is 12.1 Å². The number of amides is 2. The highest BCUT2D eigenvalue weighted by Gasteiger charge is 2.34. The molecule has 1 fully saturated rings. The summed E-state index contributed by atoms with van der Waals surface area (Å²) in [7, 11) is 1.95. The Labute approximate surface area is 151 Å². The molecule has 0 bridgehead atoms. The van der Waals surface area contributed by atoms with Crippen LogP contribution >= 0.6 is 12.2 Å². The molecule has 0 atom stereocenters. The summed E-state index contributed by atoms with van der Waals surface area (Å²) in [5.74, 6) is -0.889. The summed E-state index contributed by atoms with van der Waals surface area (Å²) in [5.41, 5.74) is 4.60. The van der Waals surface area contributed by atoms with E-state index in [2.05, 4.69) is 5.32 Å². The first-order valence-corrected chi connectivity index (χ1v) is 8.31. The number of nitrogens with zero attached hydrogens (tertiary/aromatic N) is 2. The predicted octanol–water partition coefficient (Wildman–Crippen LogP) is 2.78. The molecule has 0 saturated carbocycles. The van der Waals surface area contributed by atoms with Crippen LogP contribution < -0.4 is 10.2 Å². The van der Waals surface area contributed by atoms with Crippen molar-refractivity contribution in [3.63, 3.8) is 0 Å². The maximum atomic E-state index is 13.0. The Bertz CT molecular complexity index is 940. The van der Waals surface area contributed by atoms with Crippen molar-refractivity contribution in [2.45, 2.75) is 20.8 Å². The van der Waals surface area contributed by atoms with Crippen molar-refractivity contribution >= 4 is 40.9 Å². The highest BCUT2D eigenvalue weighted by atomic mass is 32.1. The zero-order chi connectivity index (χ0) is 18.3. The average molecular weight is 353 g/mol. The summed E-state index contributed by atoms with van der Waals surface area (Å²) < 4.78 is 2.01. The molecule has 5 nitrogen and oxygen atoms in total. The van der Waals surface area contributed by atoms with Crippen LogP contribution in [0.2, 0.25) is 0 Å². The molecule has 128 valence electrons. The van der Waals surface area contributed by atoms with Crippen LogP contribution in [0.5, 0.6) is 0 Å². The minimum atomic E-state index is -0.472. The number of aryl methyl sites for hydroxylation is 2. The zero-order valence-electron chi connectivity index (χ0n) is 14.6. The van der Waals surface area contributed by atoms with Gasteiger partial charge in [0.2, 0.25) is 0 Å². The molecule has 0 unspecified atom stereocenters. The molecule has 2 amide bonds. The maximum absolute atomic E-state index is 13.0. The molecule has 1 N–H and O–H groups in total. The number of carbonyl (C=O) groups excluding carboxylic acids is 2. The Morgan fingerprint density at radius 1 is 1.12 bits per heavy atom. The van der Waals surface area contributed by atoms with Crippen molar-refractivity contribution in [1.29, 1.82) is 0 Å². The van der Waals surface area contributed by atoms with E-state index < -0.39 is 11.8 Å². The van der Waals surface area contributed by atoms with Gasteiger partial charge in [0.05, 0.1) is 5.69 Å². The number of carbonyl (C=O) groups is 2. The molecule has 2 aromatic rings. The van der Waals surface area contributed by atoms with Gasteiger partial charge in [-0.15, -0.1) is 0 Å². The Morgan fingerprint density at radius 3 is 2.44 bits per heavy atom. The van der Waals surface area contributed by atoms with Crippen molar-refractivity contribution < 1.29 is 9.59 Å². The van der Waals surface area contributed by atoms with Gasteiger partial charge in [-0.2, -0.15) is 0 Å². The van der Waals surface area contributed by atoms with Crippen molar-refractivity contribution in [2.75, 3.05) is 4.90 Å². The molecular weight excluding hydrogens is 334 g/mol. The van der Waals surface area contributed by atoms with Crippen LogP contribution in [0.25, 0.3) is 6.08 Å². The Morgan fingerprint density at radius 2 is 1.84 bits per heavy atom. The Kier molecular flexibility index (Phi) is 4.30. The number of rotatable bonds is 2. The summed E-state index contributed by atoms with van der Waals surface area (Å²) in [6, 6.07) is 9.39. The largest absolute Gasteiger partial charge is 0.352 e. The van der Waals surface area contributed by atoms with Gasteiger partial charge in [0.15, 0.2) is 5.11 Å². The van der Waals surface area contributed by atoms with Crippen LogP contribution in [0.15, 0.2) is 35.9 Å². The smallest absolute Gasteiger partial charge is 0.270 e. The quantitative estimate of drug-likeness (QED) is 0.513. The summed E-state index contributed by atoms with van der Waals surface area (Å²) in [4.78, 5) is 26.7. The predicted molar refractivity (Wildman–Crippen MR) is 102 cm³/mol. The molecule has 0 radical (unpaired) electrons. The van der Waals surface area contributed by atoms with Crippen LogP contribution in [-0.2, 0) is 16.6 Å². The molecule has 1 aliphatic rings. The van der Waals surface area contributed by atoms with Crippen LogP contribution in [0.4, 0.5) is 5.69 Å². The van der Waals surface area contributed by atoms with E-state index in [0.29, 0.717) is 5.69 Å². The molecule has 1 aromatic carbocycles. The molecule has 0 spiro atoms. The summed E-state index contributed by atoms with van der Waals surface area (Å²) in [6.45, 7) is 5.87. The van der Waals surface area contributed by atoms with Crippen molar-refractivity contribution in [1.82, 2.24) is 9.88 Å². The monoisotopic (exact) mass is 353 g/mol. The molecule has 1 saturated heterocycles. The van der Waals surface area contributed by atoms with Gasteiger partial charge in [-0.05, 0) is 68.4 Å². The normalized spacial score (nSPS) is 16.6. The van der Waals surface area contributed by atoms with Gasteiger partial charge in [0, 0.05) is 18.4 Å². The second-order valence-electron chi connectivity index (χ2n) is 6.18. The fraction of sp³-hybridized carbons (Fsp3) is 0.211. The lowest BCUT2D eigenvalue weighted by Crippen LogP contribution is -2.54. The first-order chi connectivity index (χ1) is 11.8. The lowest BCUT2D eigenvalue weighted by molar-refractivity contribution is -0.122. The van der Waals surface area contributed by atoms with Gasteiger partial charge < -0.3 is 4.57 Å². The van der Waals surface area contributed by atoms with Crippen LogP contribution in [-0.4, -0.2) is 21.5 Å². The second-order valence-corrected chi connectivity index (χ2v) is 6.57. The first kappa shape index (κ1) is 17.1. The highest BCUT2D eigenvalue weighted by molar-refractivity contribution is 7.80. The molecular formula is C19H19N3O2S. The average Bonchev–Trinajstić information content (AvgIpc) is 2.78. The third-order valence-corrected chi connectivity index (χ3v) is 4.76. The van der Waals surface area contributed by atoms with E-state index in [1.807, 2.05) is 56.7 Å². The van der Waals surface area contributed by atoms with Crippen LogP contribution in [0.1, 0.15) is 22.5 Å². The van der Waals surface area contributed by atoms with Crippen molar-refractivity contribution in [3.05, 3.63) is 58.4 Å². The van der Waals surface area contributed by atoms with Crippen molar-refractivity contribution in [2.24, 2.45) is 7.05 Å². The highest BCUT2D eigenvalue weighted by Crippen LogP contribution is 2.24. The van der Waals surface area contributed by atoms with Gasteiger partial charge in [-0.3, -0.25) is 19.8 Å².